The summed E-state index contributed by atoms with van der Waals surface area (Å²) in [6.45, 7) is 2.18. The molecule has 0 saturated carbocycles. The number of thiophene rings is 1. The average Bonchev–Trinajstić information content (AvgIpc) is 2.58. The topological polar surface area (TPSA) is 0 Å². The number of hydrogen-bond acceptors (Lipinski definition) is 2. The smallest absolute Gasteiger partial charge is 0.0485 e. The maximum Gasteiger partial charge on any atom is 0.0485 e. The third-order valence-electron chi connectivity index (χ3n) is 2.38. The Morgan fingerprint density at radius 1 is 1.36 bits per heavy atom. The van der Waals surface area contributed by atoms with E-state index in [-0.39, 0.29) is 0 Å². The van der Waals surface area contributed by atoms with Crippen LogP contribution in [0.15, 0.2) is 22.4 Å². The SMILES string of the molecule is CCc1csc2cc(CCl)c(S)cc12. The van der Waals surface area contributed by atoms with Crippen molar-refractivity contribution >= 4 is 45.7 Å². The van der Waals surface area contributed by atoms with Crippen molar-refractivity contribution in [1.29, 1.82) is 0 Å². The molecule has 0 saturated heterocycles. The maximum atomic E-state index is 5.83. The molecule has 0 N–H and O–H groups in total. The van der Waals surface area contributed by atoms with Gasteiger partial charge in [0.25, 0.3) is 0 Å². The molecule has 74 valence electrons. The van der Waals surface area contributed by atoms with Crippen LogP contribution in [0.25, 0.3) is 10.1 Å². The van der Waals surface area contributed by atoms with E-state index in [0.717, 1.165) is 16.9 Å². The molecule has 0 aliphatic heterocycles. The lowest BCUT2D eigenvalue weighted by Crippen LogP contribution is -1.82. The Morgan fingerprint density at radius 2 is 2.14 bits per heavy atom. The van der Waals surface area contributed by atoms with E-state index in [2.05, 4.69) is 37.1 Å². The van der Waals surface area contributed by atoms with Crippen LogP contribution in [0.3, 0.4) is 0 Å². The van der Waals surface area contributed by atoms with E-state index < -0.39 is 0 Å². The molecule has 0 bridgehead atoms. The van der Waals surface area contributed by atoms with Crippen LogP contribution in [0.1, 0.15) is 18.1 Å². The average molecular weight is 243 g/mol. The summed E-state index contributed by atoms with van der Waals surface area (Å²) in [5.74, 6) is 0.536. The lowest BCUT2D eigenvalue weighted by molar-refractivity contribution is 1.17. The Balaban J connectivity index is 2.69. The van der Waals surface area contributed by atoms with Gasteiger partial charge in [-0.15, -0.1) is 35.6 Å². The molecule has 0 aliphatic carbocycles. The molecule has 14 heavy (non-hydrogen) atoms. The number of alkyl halides is 1. The molecule has 0 spiro atoms. The maximum absolute atomic E-state index is 5.83. The largest absolute Gasteiger partial charge is 0.144 e. The first-order valence-corrected chi connectivity index (χ1v) is 6.40. The van der Waals surface area contributed by atoms with E-state index in [1.165, 1.54) is 15.6 Å². The van der Waals surface area contributed by atoms with Gasteiger partial charge in [0, 0.05) is 15.5 Å². The number of rotatable bonds is 2. The molecule has 0 radical (unpaired) electrons. The summed E-state index contributed by atoms with van der Waals surface area (Å²) in [6, 6.07) is 4.28. The van der Waals surface area contributed by atoms with Gasteiger partial charge in [-0.05, 0) is 40.4 Å². The number of thiol groups is 1. The first-order valence-electron chi connectivity index (χ1n) is 4.54. The van der Waals surface area contributed by atoms with Crippen LogP contribution in [0.2, 0.25) is 0 Å². The zero-order valence-electron chi connectivity index (χ0n) is 7.88. The second kappa shape index (κ2) is 4.13. The van der Waals surface area contributed by atoms with Crippen molar-refractivity contribution in [3.05, 3.63) is 28.6 Å². The minimum atomic E-state index is 0.536. The molecule has 3 heteroatoms. The van der Waals surface area contributed by atoms with Gasteiger partial charge in [0.15, 0.2) is 0 Å². The van der Waals surface area contributed by atoms with E-state index in [0.29, 0.717) is 5.88 Å². The molecule has 0 nitrogen and oxygen atoms in total. The third kappa shape index (κ3) is 1.67. The monoisotopic (exact) mass is 242 g/mol. The molecule has 0 fully saturated rings. The van der Waals surface area contributed by atoms with Gasteiger partial charge < -0.3 is 0 Å². The van der Waals surface area contributed by atoms with Gasteiger partial charge in [0.05, 0.1) is 0 Å². The van der Waals surface area contributed by atoms with Gasteiger partial charge in [0.1, 0.15) is 0 Å². The Kier molecular flexibility index (Phi) is 3.05. The minimum absolute atomic E-state index is 0.536. The highest BCUT2D eigenvalue weighted by Gasteiger charge is 2.06. The molecule has 2 rings (SSSR count). The first-order chi connectivity index (χ1) is 6.76. The summed E-state index contributed by atoms with van der Waals surface area (Å²) >= 11 is 12.0. The molecule has 0 atom stereocenters. The molecular weight excluding hydrogens is 232 g/mol. The van der Waals surface area contributed by atoms with Crippen molar-refractivity contribution in [2.24, 2.45) is 0 Å². The van der Waals surface area contributed by atoms with E-state index in [4.69, 9.17) is 11.6 Å². The Labute approximate surface area is 98.3 Å². The van der Waals surface area contributed by atoms with Crippen LogP contribution < -0.4 is 0 Å². The molecule has 1 aromatic heterocycles. The second-order valence-electron chi connectivity index (χ2n) is 3.23. The van der Waals surface area contributed by atoms with Crippen molar-refractivity contribution in [3.63, 3.8) is 0 Å². The molecule has 1 aromatic carbocycles. The number of hydrogen-bond donors (Lipinski definition) is 1. The summed E-state index contributed by atoms with van der Waals surface area (Å²) in [5, 5.41) is 3.55. The fourth-order valence-corrected chi connectivity index (χ4v) is 3.21. The van der Waals surface area contributed by atoms with Crippen LogP contribution in [0.5, 0.6) is 0 Å². The van der Waals surface area contributed by atoms with Crippen LogP contribution >= 0.6 is 35.6 Å². The van der Waals surface area contributed by atoms with Crippen molar-refractivity contribution in [1.82, 2.24) is 0 Å². The molecule has 0 aliphatic rings. The zero-order valence-corrected chi connectivity index (χ0v) is 10.3. The fourth-order valence-electron chi connectivity index (χ4n) is 1.54. The van der Waals surface area contributed by atoms with Crippen molar-refractivity contribution < 1.29 is 0 Å². The number of aryl methyl sites for hydroxylation is 1. The van der Waals surface area contributed by atoms with Crippen LogP contribution in [0, 0.1) is 0 Å². The Morgan fingerprint density at radius 3 is 2.79 bits per heavy atom. The summed E-state index contributed by atoms with van der Waals surface area (Å²) in [6.07, 6.45) is 1.08. The summed E-state index contributed by atoms with van der Waals surface area (Å²) in [4.78, 5) is 1.00. The van der Waals surface area contributed by atoms with E-state index >= 15 is 0 Å². The molecule has 1 heterocycles. The van der Waals surface area contributed by atoms with Gasteiger partial charge in [-0.25, -0.2) is 0 Å². The lowest BCUT2D eigenvalue weighted by atomic mass is 10.1. The fraction of sp³-hybridized carbons (Fsp3) is 0.273. The van der Waals surface area contributed by atoms with E-state index in [9.17, 15) is 0 Å². The first kappa shape index (κ1) is 10.3. The lowest BCUT2D eigenvalue weighted by Gasteiger charge is -2.02. The van der Waals surface area contributed by atoms with E-state index in [1.54, 1.807) is 11.3 Å². The number of halogens is 1. The third-order valence-corrected chi connectivity index (χ3v) is 4.08. The highest BCUT2D eigenvalue weighted by molar-refractivity contribution is 7.80. The van der Waals surface area contributed by atoms with Gasteiger partial charge in [0.2, 0.25) is 0 Å². The predicted octanol–water partition coefficient (Wildman–Crippen LogP) is 4.49. The van der Waals surface area contributed by atoms with E-state index in [1.807, 2.05) is 0 Å². The normalized spacial score (nSPS) is 11.1. The highest BCUT2D eigenvalue weighted by Crippen LogP contribution is 2.31. The second-order valence-corrected chi connectivity index (χ2v) is 4.89. The summed E-state index contributed by atoms with van der Waals surface area (Å²) in [7, 11) is 0. The molecule has 0 amide bonds. The number of benzene rings is 1. The summed E-state index contributed by atoms with van der Waals surface area (Å²) in [5.41, 5.74) is 2.52. The van der Waals surface area contributed by atoms with Crippen LogP contribution in [0.4, 0.5) is 0 Å². The highest BCUT2D eigenvalue weighted by atomic mass is 35.5. The van der Waals surface area contributed by atoms with Gasteiger partial charge in [-0.1, -0.05) is 6.92 Å². The van der Waals surface area contributed by atoms with Crippen LogP contribution in [-0.4, -0.2) is 0 Å². The molecule has 0 unspecified atom stereocenters. The van der Waals surface area contributed by atoms with Crippen molar-refractivity contribution in [3.8, 4) is 0 Å². The van der Waals surface area contributed by atoms with Crippen LogP contribution in [-0.2, 0) is 12.3 Å². The Hall–Kier alpha value is -0.180. The minimum Gasteiger partial charge on any atom is -0.144 e. The quantitative estimate of drug-likeness (QED) is 0.582. The zero-order chi connectivity index (χ0) is 10.1. The van der Waals surface area contributed by atoms with Gasteiger partial charge in [-0.3, -0.25) is 0 Å². The standard InChI is InChI=1S/C11H11ClS2/c1-2-7-6-14-11-3-8(5-12)10(13)4-9(7)11/h3-4,6,13H,2,5H2,1H3. The Bertz CT molecular complexity index is 460. The molecular formula is C11H11ClS2. The van der Waals surface area contributed by atoms with Crippen molar-refractivity contribution in [2.45, 2.75) is 24.1 Å². The van der Waals surface area contributed by atoms with Gasteiger partial charge in [-0.2, -0.15) is 0 Å². The van der Waals surface area contributed by atoms with Gasteiger partial charge >= 0.3 is 0 Å². The predicted molar refractivity (Wildman–Crippen MR) is 68.0 cm³/mol. The number of fused-ring (bicyclic) bond motifs is 1. The van der Waals surface area contributed by atoms with Crippen molar-refractivity contribution in [2.75, 3.05) is 0 Å². The summed E-state index contributed by atoms with van der Waals surface area (Å²) < 4.78 is 1.32. The molecule has 2 aromatic rings.